The standard InChI is InChI=1S/C14H19N3O/c1-10-2-3-11(13(15)8-10)9-14(18)17-12-4-6-16-7-5-12/h4-7,11,13H,1-3,8-9,15H2,(H,16,17,18). The third-order valence-electron chi connectivity index (χ3n) is 3.41. The molecule has 18 heavy (non-hydrogen) atoms. The molecular formula is C14H19N3O. The summed E-state index contributed by atoms with van der Waals surface area (Å²) in [4.78, 5) is 15.8. The van der Waals surface area contributed by atoms with Gasteiger partial charge in [-0.2, -0.15) is 0 Å². The van der Waals surface area contributed by atoms with Gasteiger partial charge in [0.25, 0.3) is 0 Å². The summed E-state index contributed by atoms with van der Waals surface area (Å²) in [6.45, 7) is 3.96. The first-order valence-electron chi connectivity index (χ1n) is 6.27. The highest BCUT2D eigenvalue weighted by molar-refractivity contribution is 5.90. The van der Waals surface area contributed by atoms with Crippen LogP contribution < -0.4 is 11.1 Å². The Balaban J connectivity index is 1.86. The largest absolute Gasteiger partial charge is 0.327 e. The first-order valence-corrected chi connectivity index (χ1v) is 6.27. The minimum Gasteiger partial charge on any atom is -0.327 e. The molecular weight excluding hydrogens is 226 g/mol. The van der Waals surface area contributed by atoms with Crippen molar-refractivity contribution in [3.8, 4) is 0 Å². The van der Waals surface area contributed by atoms with Gasteiger partial charge in [0, 0.05) is 30.5 Å². The van der Waals surface area contributed by atoms with Gasteiger partial charge in [-0.3, -0.25) is 9.78 Å². The van der Waals surface area contributed by atoms with Crippen molar-refractivity contribution >= 4 is 11.6 Å². The summed E-state index contributed by atoms with van der Waals surface area (Å²) in [6.07, 6.45) is 6.59. The lowest BCUT2D eigenvalue weighted by atomic mass is 9.80. The van der Waals surface area contributed by atoms with Crippen LogP contribution in [0.15, 0.2) is 36.7 Å². The average Bonchev–Trinajstić information content (AvgIpc) is 2.34. The molecule has 1 aliphatic carbocycles. The van der Waals surface area contributed by atoms with E-state index in [2.05, 4.69) is 16.9 Å². The molecule has 1 aromatic heterocycles. The molecule has 0 aromatic carbocycles. The lowest BCUT2D eigenvalue weighted by Crippen LogP contribution is -2.36. The Morgan fingerprint density at radius 3 is 2.89 bits per heavy atom. The molecule has 3 N–H and O–H groups in total. The second-order valence-corrected chi connectivity index (χ2v) is 4.90. The van der Waals surface area contributed by atoms with Crippen molar-refractivity contribution in [1.82, 2.24) is 4.98 Å². The highest BCUT2D eigenvalue weighted by Crippen LogP contribution is 2.28. The molecule has 4 nitrogen and oxygen atoms in total. The number of hydrogen-bond donors (Lipinski definition) is 2. The van der Waals surface area contributed by atoms with Crippen molar-refractivity contribution < 1.29 is 4.79 Å². The zero-order chi connectivity index (χ0) is 13.0. The summed E-state index contributed by atoms with van der Waals surface area (Å²) >= 11 is 0. The summed E-state index contributed by atoms with van der Waals surface area (Å²) in [5, 5.41) is 2.86. The highest BCUT2D eigenvalue weighted by atomic mass is 16.1. The number of hydrogen-bond acceptors (Lipinski definition) is 3. The van der Waals surface area contributed by atoms with E-state index in [9.17, 15) is 4.79 Å². The van der Waals surface area contributed by atoms with Crippen LogP contribution in [0.5, 0.6) is 0 Å². The van der Waals surface area contributed by atoms with E-state index in [1.807, 2.05) is 0 Å². The maximum absolute atomic E-state index is 11.9. The lowest BCUT2D eigenvalue weighted by Gasteiger charge is -2.29. The van der Waals surface area contributed by atoms with Crippen molar-refractivity contribution in [2.45, 2.75) is 31.7 Å². The molecule has 96 valence electrons. The van der Waals surface area contributed by atoms with Gasteiger partial charge in [0.15, 0.2) is 0 Å². The van der Waals surface area contributed by atoms with E-state index in [-0.39, 0.29) is 17.9 Å². The third kappa shape index (κ3) is 3.40. The predicted molar refractivity (Wildman–Crippen MR) is 71.9 cm³/mol. The van der Waals surface area contributed by atoms with Crippen molar-refractivity contribution in [1.29, 1.82) is 0 Å². The fraction of sp³-hybridized carbons (Fsp3) is 0.429. The zero-order valence-electron chi connectivity index (χ0n) is 10.4. The van der Waals surface area contributed by atoms with Crippen LogP contribution in [0.25, 0.3) is 0 Å². The number of amides is 1. The Kier molecular flexibility index (Phi) is 4.10. The maximum Gasteiger partial charge on any atom is 0.224 e. The molecule has 0 spiro atoms. The summed E-state index contributed by atoms with van der Waals surface area (Å²) in [6, 6.07) is 3.62. The Hall–Kier alpha value is -1.68. The summed E-state index contributed by atoms with van der Waals surface area (Å²) in [5.41, 5.74) is 8.04. The molecule has 1 fully saturated rings. The van der Waals surface area contributed by atoms with E-state index in [1.54, 1.807) is 24.5 Å². The number of nitrogens with one attached hydrogen (secondary N) is 1. The van der Waals surface area contributed by atoms with Crippen LogP contribution >= 0.6 is 0 Å². The number of aromatic nitrogens is 1. The van der Waals surface area contributed by atoms with Crippen molar-refractivity contribution in [3.63, 3.8) is 0 Å². The van der Waals surface area contributed by atoms with E-state index < -0.39 is 0 Å². The molecule has 1 amide bonds. The summed E-state index contributed by atoms with van der Waals surface area (Å²) in [5.74, 6) is 0.284. The third-order valence-corrected chi connectivity index (χ3v) is 3.41. The van der Waals surface area contributed by atoms with E-state index in [0.717, 1.165) is 24.9 Å². The molecule has 1 aromatic rings. The van der Waals surface area contributed by atoms with E-state index in [0.29, 0.717) is 6.42 Å². The molecule has 1 heterocycles. The van der Waals surface area contributed by atoms with Crippen molar-refractivity contribution in [3.05, 3.63) is 36.7 Å². The molecule has 1 aliphatic rings. The van der Waals surface area contributed by atoms with E-state index in [4.69, 9.17) is 5.73 Å². The quantitative estimate of drug-likeness (QED) is 0.801. The number of nitrogens with zero attached hydrogens (tertiary/aromatic N) is 1. The van der Waals surface area contributed by atoms with Crippen LogP contribution in [-0.4, -0.2) is 16.9 Å². The van der Waals surface area contributed by atoms with Gasteiger partial charge in [-0.25, -0.2) is 0 Å². The molecule has 2 rings (SSSR count). The number of pyridine rings is 1. The maximum atomic E-state index is 11.9. The summed E-state index contributed by atoms with van der Waals surface area (Å²) in [7, 11) is 0. The summed E-state index contributed by atoms with van der Waals surface area (Å²) < 4.78 is 0. The first kappa shape index (κ1) is 12.8. The second-order valence-electron chi connectivity index (χ2n) is 4.90. The van der Waals surface area contributed by atoms with Gasteiger partial charge < -0.3 is 11.1 Å². The van der Waals surface area contributed by atoms with Crippen LogP contribution in [0.4, 0.5) is 5.69 Å². The topological polar surface area (TPSA) is 68.0 Å². The van der Waals surface area contributed by atoms with Gasteiger partial charge in [-0.1, -0.05) is 12.2 Å². The normalized spacial score (nSPS) is 23.7. The predicted octanol–water partition coefficient (Wildman–Crippen LogP) is 2.09. The van der Waals surface area contributed by atoms with Gasteiger partial charge in [-0.05, 0) is 37.3 Å². The van der Waals surface area contributed by atoms with Gasteiger partial charge in [0.05, 0.1) is 0 Å². The molecule has 2 atom stereocenters. The Labute approximate surface area is 107 Å². The SMILES string of the molecule is C=C1CCC(CC(=O)Nc2ccncc2)C(N)C1. The van der Waals surface area contributed by atoms with Crippen molar-refractivity contribution in [2.24, 2.45) is 11.7 Å². The first-order chi connectivity index (χ1) is 8.65. The zero-order valence-corrected chi connectivity index (χ0v) is 10.4. The van der Waals surface area contributed by atoms with Gasteiger partial charge in [0.2, 0.25) is 5.91 Å². The van der Waals surface area contributed by atoms with Gasteiger partial charge in [-0.15, -0.1) is 0 Å². The Morgan fingerprint density at radius 2 is 2.22 bits per heavy atom. The Bertz CT molecular complexity index is 430. The monoisotopic (exact) mass is 245 g/mol. The molecule has 0 bridgehead atoms. The Morgan fingerprint density at radius 1 is 1.50 bits per heavy atom. The molecule has 4 heteroatoms. The van der Waals surface area contributed by atoms with Gasteiger partial charge >= 0.3 is 0 Å². The molecule has 2 unspecified atom stereocenters. The van der Waals surface area contributed by atoms with Crippen LogP contribution in [-0.2, 0) is 4.79 Å². The van der Waals surface area contributed by atoms with E-state index in [1.165, 1.54) is 5.57 Å². The number of carbonyl (C=O) groups is 1. The van der Waals surface area contributed by atoms with Crippen LogP contribution in [0, 0.1) is 5.92 Å². The molecule has 1 saturated carbocycles. The molecule has 0 radical (unpaired) electrons. The highest BCUT2D eigenvalue weighted by Gasteiger charge is 2.25. The van der Waals surface area contributed by atoms with Crippen LogP contribution in [0.3, 0.4) is 0 Å². The molecule has 0 saturated heterocycles. The lowest BCUT2D eigenvalue weighted by molar-refractivity contribution is -0.117. The number of anilines is 1. The van der Waals surface area contributed by atoms with Crippen molar-refractivity contribution in [2.75, 3.05) is 5.32 Å². The minimum atomic E-state index is 0.0224. The van der Waals surface area contributed by atoms with Crippen LogP contribution in [0.1, 0.15) is 25.7 Å². The fourth-order valence-electron chi connectivity index (χ4n) is 2.34. The minimum absolute atomic E-state index is 0.0224. The van der Waals surface area contributed by atoms with Gasteiger partial charge in [0.1, 0.15) is 0 Å². The average molecular weight is 245 g/mol. The van der Waals surface area contributed by atoms with Crippen LogP contribution in [0.2, 0.25) is 0 Å². The second kappa shape index (κ2) is 5.78. The molecule has 0 aliphatic heterocycles. The number of nitrogens with two attached hydrogens (primary N) is 1. The number of carbonyl (C=O) groups excluding carboxylic acids is 1. The van der Waals surface area contributed by atoms with E-state index >= 15 is 0 Å². The number of rotatable bonds is 3. The fourth-order valence-corrected chi connectivity index (χ4v) is 2.34. The smallest absolute Gasteiger partial charge is 0.224 e.